The lowest BCUT2D eigenvalue weighted by molar-refractivity contribution is 0.102. The second kappa shape index (κ2) is 9.61. The number of benzene rings is 2. The molecule has 1 saturated heterocycles. The standard InChI is InChI=1S/C21H25ClN2O4S/c1-2-28-17-9-7-16(8-10-17)23-21(25)19-15-18(11-12-20(19)22)29(26,27)24-13-5-3-4-6-14-24/h7-12,15H,2-6,13-14H2,1H3,(H,23,25). The Morgan fingerprint density at radius 3 is 2.34 bits per heavy atom. The minimum atomic E-state index is -3.66. The van der Waals surface area contributed by atoms with Crippen LogP contribution < -0.4 is 10.1 Å². The molecule has 1 fully saturated rings. The second-order valence-corrected chi connectivity index (χ2v) is 9.22. The molecule has 156 valence electrons. The van der Waals surface area contributed by atoms with Crippen LogP contribution in [-0.4, -0.2) is 38.3 Å². The van der Waals surface area contributed by atoms with Crippen LogP contribution in [0.15, 0.2) is 47.4 Å². The number of carbonyl (C=O) groups excluding carboxylic acids is 1. The molecule has 0 spiro atoms. The van der Waals surface area contributed by atoms with Gasteiger partial charge in [0.05, 0.1) is 22.1 Å². The quantitative estimate of drug-likeness (QED) is 0.720. The van der Waals surface area contributed by atoms with Gasteiger partial charge in [0.2, 0.25) is 10.0 Å². The summed E-state index contributed by atoms with van der Waals surface area (Å²) < 4.78 is 32.9. The molecule has 1 aliphatic rings. The Balaban J connectivity index is 1.81. The molecule has 1 amide bonds. The Hall–Kier alpha value is -2.09. The smallest absolute Gasteiger partial charge is 0.257 e. The van der Waals surface area contributed by atoms with Gasteiger partial charge in [0.1, 0.15) is 5.75 Å². The number of hydrogen-bond acceptors (Lipinski definition) is 4. The summed E-state index contributed by atoms with van der Waals surface area (Å²) in [4.78, 5) is 12.8. The van der Waals surface area contributed by atoms with Crippen molar-refractivity contribution in [3.63, 3.8) is 0 Å². The fourth-order valence-corrected chi connectivity index (χ4v) is 5.02. The van der Waals surface area contributed by atoms with Crippen LogP contribution in [0, 0.1) is 0 Å². The molecule has 8 heteroatoms. The molecular weight excluding hydrogens is 412 g/mol. The third-order valence-electron chi connectivity index (χ3n) is 4.81. The van der Waals surface area contributed by atoms with Crippen LogP contribution in [0.4, 0.5) is 5.69 Å². The zero-order chi connectivity index (χ0) is 20.9. The summed E-state index contributed by atoms with van der Waals surface area (Å²) in [5, 5.41) is 2.95. The SMILES string of the molecule is CCOc1ccc(NC(=O)c2cc(S(=O)(=O)N3CCCCCC3)ccc2Cl)cc1. The lowest BCUT2D eigenvalue weighted by atomic mass is 10.2. The number of anilines is 1. The van der Waals surface area contributed by atoms with E-state index in [1.54, 1.807) is 24.3 Å². The molecule has 1 N–H and O–H groups in total. The first-order valence-electron chi connectivity index (χ1n) is 9.75. The summed E-state index contributed by atoms with van der Waals surface area (Å²) in [5.41, 5.74) is 0.687. The maximum Gasteiger partial charge on any atom is 0.257 e. The van der Waals surface area contributed by atoms with Gasteiger partial charge in [-0.25, -0.2) is 8.42 Å². The minimum Gasteiger partial charge on any atom is -0.494 e. The molecule has 0 aliphatic carbocycles. The third kappa shape index (κ3) is 5.29. The highest BCUT2D eigenvalue weighted by Gasteiger charge is 2.26. The van der Waals surface area contributed by atoms with E-state index in [-0.39, 0.29) is 15.5 Å². The van der Waals surface area contributed by atoms with Crippen molar-refractivity contribution in [1.82, 2.24) is 4.31 Å². The number of halogens is 1. The van der Waals surface area contributed by atoms with Gasteiger partial charge in [0, 0.05) is 18.8 Å². The van der Waals surface area contributed by atoms with E-state index in [1.807, 2.05) is 6.92 Å². The van der Waals surface area contributed by atoms with Gasteiger partial charge in [0.15, 0.2) is 0 Å². The van der Waals surface area contributed by atoms with Crippen molar-refractivity contribution in [2.24, 2.45) is 0 Å². The number of rotatable bonds is 6. The zero-order valence-electron chi connectivity index (χ0n) is 16.4. The molecule has 1 heterocycles. The monoisotopic (exact) mass is 436 g/mol. The molecule has 0 bridgehead atoms. The van der Waals surface area contributed by atoms with E-state index in [2.05, 4.69) is 5.32 Å². The number of carbonyl (C=O) groups is 1. The topological polar surface area (TPSA) is 75.7 Å². The summed E-state index contributed by atoms with van der Waals surface area (Å²) in [7, 11) is -3.66. The van der Waals surface area contributed by atoms with Gasteiger partial charge < -0.3 is 10.1 Å². The van der Waals surface area contributed by atoms with Crippen LogP contribution in [0.25, 0.3) is 0 Å². The molecule has 3 rings (SSSR count). The van der Waals surface area contributed by atoms with E-state index in [0.29, 0.717) is 31.1 Å². The number of amides is 1. The van der Waals surface area contributed by atoms with Crippen LogP contribution in [0.5, 0.6) is 5.75 Å². The Bertz CT molecular complexity index is 953. The second-order valence-electron chi connectivity index (χ2n) is 6.87. The molecule has 29 heavy (non-hydrogen) atoms. The van der Waals surface area contributed by atoms with Gasteiger partial charge in [-0.1, -0.05) is 24.4 Å². The molecule has 6 nitrogen and oxygen atoms in total. The summed E-state index contributed by atoms with van der Waals surface area (Å²) in [6.07, 6.45) is 3.75. The fraction of sp³-hybridized carbons (Fsp3) is 0.381. The van der Waals surface area contributed by atoms with Gasteiger partial charge >= 0.3 is 0 Å². The van der Waals surface area contributed by atoms with Crippen molar-refractivity contribution >= 4 is 33.2 Å². The molecule has 0 atom stereocenters. The lowest BCUT2D eigenvalue weighted by Crippen LogP contribution is -2.32. The molecule has 0 aromatic heterocycles. The fourth-order valence-electron chi connectivity index (χ4n) is 3.27. The molecule has 0 saturated carbocycles. The first kappa shape index (κ1) is 21.6. The van der Waals surface area contributed by atoms with E-state index >= 15 is 0 Å². The van der Waals surface area contributed by atoms with Crippen molar-refractivity contribution in [2.45, 2.75) is 37.5 Å². The Morgan fingerprint density at radius 1 is 1.07 bits per heavy atom. The average Bonchev–Trinajstić information content (AvgIpc) is 3.00. The van der Waals surface area contributed by atoms with Crippen molar-refractivity contribution in [2.75, 3.05) is 25.0 Å². The third-order valence-corrected chi connectivity index (χ3v) is 7.03. The molecular formula is C21H25ClN2O4S. The number of nitrogens with zero attached hydrogens (tertiary/aromatic N) is 1. The Kier molecular flexibility index (Phi) is 7.16. The largest absolute Gasteiger partial charge is 0.494 e. The van der Waals surface area contributed by atoms with Crippen molar-refractivity contribution in [3.8, 4) is 5.75 Å². The summed E-state index contributed by atoms with van der Waals surface area (Å²) in [6.45, 7) is 3.45. The highest BCUT2D eigenvalue weighted by molar-refractivity contribution is 7.89. The predicted octanol–water partition coefficient (Wildman–Crippen LogP) is 4.56. The molecule has 1 aliphatic heterocycles. The minimum absolute atomic E-state index is 0.0839. The van der Waals surface area contributed by atoms with E-state index < -0.39 is 15.9 Å². The average molecular weight is 437 g/mol. The summed E-state index contributed by atoms with van der Waals surface area (Å²) >= 11 is 6.20. The highest BCUT2D eigenvalue weighted by atomic mass is 35.5. The van der Waals surface area contributed by atoms with Crippen LogP contribution in [0.3, 0.4) is 0 Å². The van der Waals surface area contributed by atoms with Gasteiger partial charge in [0.25, 0.3) is 5.91 Å². The van der Waals surface area contributed by atoms with Gasteiger partial charge in [-0.3, -0.25) is 4.79 Å². The van der Waals surface area contributed by atoms with Crippen molar-refractivity contribution in [3.05, 3.63) is 53.1 Å². The summed E-state index contributed by atoms with van der Waals surface area (Å²) in [6, 6.07) is 11.2. The van der Waals surface area contributed by atoms with E-state index in [1.165, 1.54) is 22.5 Å². The van der Waals surface area contributed by atoms with Crippen LogP contribution in [-0.2, 0) is 10.0 Å². The highest BCUT2D eigenvalue weighted by Crippen LogP contribution is 2.26. The normalized spacial score (nSPS) is 15.5. The van der Waals surface area contributed by atoms with Crippen molar-refractivity contribution in [1.29, 1.82) is 0 Å². The zero-order valence-corrected chi connectivity index (χ0v) is 17.9. The van der Waals surface area contributed by atoms with Crippen molar-refractivity contribution < 1.29 is 17.9 Å². The number of ether oxygens (including phenoxy) is 1. The number of hydrogen-bond donors (Lipinski definition) is 1. The lowest BCUT2D eigenvalue weighted by Gasteiger charge is -2.20. The maximum atomic E-state index is 13.0. The Morgan fingerprint density at radius 2 is 1.72 bits per heavy atom. The Labute approximate surface area is 176 Å². The van der Waals surface area contributed by atoms with E-state index in [9.17, 15) is 13.2 Å². The molecule has 2 aromatic carbocycles. The van der Waals surface area contributed by atoms with Gasteiger partial charge in [-0.2, -0.15) is 4.31 Å². The van der Waals surface area contributed by atoms with Gasteiger partial charge in [-0.15, -0.1) is 0 Å². The van der Waals surface area contributed by atoms with E-state index in [4.69, 9.17) is 16.3 Å². The van der Waals surface area contributed by atoms with Crippen LogP contribution in [0.2, 0.25) is 5.02 Å². The number of nitrogens with one attached hydrogen (secondary N) is 1. The molecule has 2 aromatic rings. The first-order chi connectivity index (χ1) is 13.9. The maximum absolute atomic E-state index is 13.0. The molecule has 0 unspecified atom stereocenters. The number of sulfonamides is 1. The summed E-state index contributed by atoms with van der Waals surface area (Å²) in [5.74, 6) is 0.237. The molecule has 0 radical (unpaired) electrons. The first-order valence-corrected chi connectivity index (χ1v) is 11.6. The van der Waals surface area contributed by atoms with Crippen LogP contribution in [0.1, 0.15) is 43.0 Å². The predicted molar refractivity (Wildman–Crippen MR) is 114 cm³/mol. The van der Waals surface area contributed by atoms with Gasteiger partial charge in [-0.05, 0) is 62.2 Å². The van der Waals surface area contributed by atoms with Crippen LogP contribution >= 0.6 is 11.6 Å². The van der Waals surface area contributed by atoms with E-state index in [0.717, 1.165) is 25.7 Å².